The molecule has 0 aromatic carbocycles. The second kappa shape index (κ2) is 20.7. The van der Waals surface area contributed by atoms with E-state index >= 15 is 0 Å². The van der Waals surface area contributed by atoms with Crippen LogP contribution in [0.1, 0.15) is 77.6 Å². The third-order valence-electron chi connectivity index (χ3n) is 3.93. The van der Waals surface area contributed by atoms with Crippen molar-refractivity contribution in [2.75, 3.05) is 6.61 Å². The number of unbranched alkanes of at least 4 members (excludes halogenated alkanes) is 9. The molecule has 0 aromatic heterocycles. The summed E-state index contributed by atoms with van der Waals surface area (Å²) in [5.41, 5.74) is 0. The van der Waals surface area contributed by atoms with Gasteiger partial charge in [-0.3, -0.25) is 0 Å². The zero-order valence-corrected chi connectivity index (χ0v) is 24.5. The number of carbonyl (C=O) groups excluding carboxylic acids is 2. The Labute approximate surface area is 234 Å². The van der Waals surface area contributed by atoms with Gasteiger partial charge in [0.1, 0.15) is 10.1 Å². The fraction of sp³-hybridized carbons (Fsp3) is 0.875. The number of aliphatic carboxylic acids is 2. The quantitative estimate of drug-likeness (QED) is 0.129. The van der Waals surface area contributed by atoms with Gasteiger partial charge in [-0.05, 0) is 6.42 Å². The topological polar surface area (TPSA) is 147 Å². The molecule has 0 aromatic rings. The first-order chi connectivity index (χ1) is 11.7. The number of hydrogen-bond acceptors (Lipinski definition) is 8. The summed E-state index contributed by atoms with van der Waals surface area (Å²) in [6, 6.07) is 0. The van der Waals surface area contributed by atoms with Gasteiger partial charge < -0.3 is 29.1 Å². The summed E-state index contributed by atoms with van der Waals surface area (Å²) in [4.78, 5) is 18.2. The molecule has 0 saturated heterocycles. The Kier molecular flexibility index (Phi) is 27.5. The Morgan fingerprint density at radius 1 is 0.821 bits per heavy atom. The molecule has 1 unspecified atom stereocenters. The van der Waals surface area contributed by atoms with Crippen molar-refractivity contribution < 1.29 is 126 Å². The molecule has 0 radical (unpaired) electrons. The van der Waals surface area contributed by atoms with E-state index in [2.05, 4.69) is 11.7 Å². The van der Waals surface area contributed by atoms with E-state index in [4.69, 9.17) is 0 Å². The average molecular weight is 448 g/mol. The van der Waals surface area contributed by atoms with Crippen LogP contribution >= 0.6 is 0 Å². The van der Waals surface area contributed by atoms with Crippen LogP contribution in [0.4, 0.5) is 0 Å². The summed E-state index contributed by atoms with van der Waals surface area (Å²) in [6.07, 6.45) is 8.35. The summed E-state index contributed by atoms with van der Waals surface area (Å²) in [6.45, 7) is 1.79. The second-order valence-corrected chi connectivity index (χ2v) is 7.64. The molecule has 0 saturated carbocycles. The first-order valence-corrected chi connectivity index (χ1v) is 10.1. The van der Waals surface area contributed by atoms with Crippen LogP contribution < -0.4 is 98.9 Å². The zero-order valence-electron chi connectivity index (χ0n) is 17.7. The number of rotatable bonds is 16. The largest absolute Gasteiger partial charge is 1.00 e. The Hall–Kier alpha value is 1.81. The van der Waals surface area contributed by atoms with Gasteiger partial charge in [-0.15, -0.1) is 0 Å². The number of carboxylic acid groups (broad SMARTS) is 2. The van der Waals surface area contributed by atoms with Gasteiger partial charge in [0, 0.05) is 19.0 Å². The Balaban J connectivity index is -0.000000960. The predicted molar refractivity (Wildman–Crippen MR) is 84.9 cm³/mol. The van der Waals surface area contributed by atoms with Gasteiger partial charge in [-0.1, -0.05) is 64.7 Å². The minimum Gasteiger partial charge on any atom is -0.745 e. The minimum atomic E-state index is -5.59. The van der Waals surface area contributed by atoms with Gasteiger partial charge in [-0.25, -0.2) is 8.42 Å². The molecule has 148 valence electrons. The maximum Gasteiger partial charge on any atom is 1.00 e. The zero-order chi connectivity index (χ0) is 19.3. The van der Waals surface area contributed by atoms with Gasteiger partial charge >= 0.3 is 88.7 Å². The number of hydrogen-bond donors (Lipinski definition) is 0. The third-order valence-corrected chi connectivity index (χ3v) is 5.16. The van der Waals surface area contributed by atoms with Crippen molar-refractivity contribution >= 4 is 22.1 Å². The Morgan fingerprint density at radius 3 is 1.54 bits per heavy atom. The molecule has 0 fully saturated rings. The van der Waals surface area contributed by atoms with E-state index in [1.54, 1.807) is 0 Å². The van der Waals surface area contributed by atoms with Crippen LogP contribution in [-0.2, 0) is 24.4 Å². The predicted octanol–water partition coefficient (Wildman–Crippen LogP) is -8.93. The number of carboxylic acids is 2. The molecule has 8 nitrogen and oxygen atoms in total. The van der Waals surface area contributed by atoms with E-state index in [1.807, 2.05) is 0 Å². The molecule has 0 aliphatic heterocycles. The van der Waals surface area contributed by atoms with Crippen LogP contribution in [0.25, 0.3) is 0 Å². The standard InChI is InChI=1S/C16H30O8S.3Na/c1-2-3-4-5-6-7-8-9-10-11-12-24-16(15(19)20,13-14(17)18)25(21,22)23;;;/h2-13H2,1H3,(H,17,18)(H,19,20)(H,21,22,23);;;/q;3*+1/p-3. The van der Waals surface area contributed by atoms with Crippen LogP contribution in [0, 0.1) is 0 Å². The van der Waals surface area contributed by atoms with Crippen LogP contribution in [0.2, 0.25) is 0 Å². The molecule has 0 N–H and O–H groups in total. The molecule has 0 aliphatic rings. The monoisotopic (exact) mass is 448 g/mol. The van der Waals surface area contributed by atoms with Crippen molar-refractivity contribution in [1.29, 1.82) is 0 Å². The summed E-state index contributed by atoms with van der Waals surface area (Å²) in [5, 5.41) is 21.6. The van der Waals surface area contributed by atoms with Crippen LogP contribution in [-0.4, -0.2) is 36.4 Å². The van der Waals surface area contributed by atoms with E-state index in [1.165, 1.54) is 25.7 Å². The minimum absolute atomic E-state index is 0. The van der Waals surface area contributed by atoms with E-state index in [-0.39, 0.29) is 95.3 Å². The first kappa shape index (κ1) is 37.1. The van der Waals surface area contributed by atoms with Crippen molar-refractivity contribution in [3.63, 3.8) is 0 Å². The maximum atomic E-state index is 11.2. The molecular weight excluding hydrogens is 421 g/mol. The van der Waals surface area contributed by atoms with Crippen molar-refractivity contribution in [3.8, 4) is 0 Å². The first-order valence-electron chi connectivity index (χ1n) is 8.68. The second-order valence-electron chi connectivity index (χ2n) is 6.07. The number of ether oxygens (including phenoxy) is 1. The summed E-state index contributed by atoms with van der Waals surface area (Å²) >= 11 is 0. The van der Waals surface area contributed by atoms with Gasteiger partial charge in [0.2, 0.25) is 4.93 Å². The molecule has 1 atom stereocenters. The fourth-order valence-electron chi connectivity index (χ4n) is 2.46. The van der Waals surface area contributed by atoms with E-state index < -0.39 is 33.4 Å². The molecule has 0 bridgehead atoms. The molecule has 0 spiro atoms. The molecule has 0 aliphatic carbocycles. The Morgan fingerprint density at radius 2 is 1.21 bits per heavy atom. The molecular formula is C16H27Na3O8S. The third kappa shape index (κ3) is 15.6. The summed E-state index contributed by atoms with van der Waals surface area (Å²) in [7, 11) is -5.59. The van der Waals surface area contributed by atoms with Crippen LogP contribution in [0.5, 0.6) is 0 Å². The normalized spacial score (nSPS) is 12.6. The van der Waals surface area contributed by atoms with Crippen LogP contribution in [0.15, 0.2) is 0 Å². The molecule has 0 rings (SSSR count). The maximum absolute atomic E-state index is 11.2. The SMILES string of the molecule is CCCCCCCCCCCCOC(CC(=O)[O-])(C(=O)[O-])S(=O)(=O)[O-].[Na+].[Na+].[Na+]. The summed E-state index contributed by atoms with van der Waals surface area (Å²) in [5.74, 6) is -4.41. The Bertz CT molecular complexity index is 516. The van der Waals surface area contributed by atoms with E-state index in [0.29, 0.717) is 12.8 Å². The fourth-order valence-corrected chi connectivity index (χ4v) is 3.19. The molecule has 28 heavy (non-hydrogen) atoms. The van der Waals surface area contributed by atoms with E-state index in [0.717, 1.165) is 25.7 Å². The van der Waals surface area contributed by atoms with Crippen LogP contribution in [0.3, 0.4) is 0 Å². The summed E-state index contributed by atoms with van der Waals surface area (Å²) < 4.78 is 38.1. The average Bonchev–Trinajstić information content (AvgIpc) is 2.49. The van der Waals surface area contributed by atoms with Crippen molar-refractivity contribution in [2.45, 2.75) is 82.5 Å². The van der Waals surface area contributed by atoms with Gasteiger partial charge in [-0.2, -0.15) is 0 Å². The smallest absolute Gasteiger partial charge is 0.745 e. The van der Waals surface area contributed by atoms with Gasteiger partial charge in [0.05, 0.1) is 5.97 Å². The molecule has 12 heteroatoms. The molecule has 0 heterocycles. The molecule has 0 amide bonds. The number of carbonyl (C=O) groups is 2. The van der Waals surface area contributed by atoms with Crippen molar-refractivity contribution in [2.24, 2.45) is 0 Å². The van der Waals surface area contributed by atoms with Crippen molar-refractivity contribution in [3.05, 3.63) is 0 Å². The van der Waals surface area contributed by atoms with E-state index in [9.17, 15) is 32.8 Å². The van der Waals surface area contributed by atoms with Gasteiger partial charge in [0.15, 0.2) is 0 Å². The van der Waals surface area contributed by atoms with Gasteiger partial charge in [0.25, 0.3) is 0 Å². The van der Waals surface area contributed by atoms with Crippen molar-refractivity contribution in [1.82, 2.24) is 0 Å².